The van der Waals surface area contributed by atoms with Gasteiger partial charge in [-0.25, -0.2) is 13.8 Å². The number of hydrogen-bond acceptors (Lipinski definition) is 6. The predicted molar refractivity (Wildman–Crippen MR) is 154 cm³/mol. The Morgan fingerprint density at radius 1 is 1.05 bits per heavy atom. The van der Waals surface area contributed by atoms with Crippen LogP contribution in [0.4, 0.5) is 14.5 Å². The van der Waals surface area contributed by atoms with Crippen LogP contribution in [0.3, 0.4) is 0 Å². The molecule has 0 aliphatic carbocycles. The minimum atomic E-state index is -0.689. The third kappa shape index (κ3) is 4.56. The number of anilines is 1. The second kappa shape index (κ2) is 10.3. The van der Waals surface area contributed by atoms with Crippen molar-refractivity contribution in [3.05, 3.63) is 95.6 Å². The SMILES string of the molecule is Cc1ccc([C@H](C)n2cc(-c3cccc(C#N)c3O)c3c(N4CC(CN)C4)c(-c4cc(F)cc(F)c4)cnc32)nc1. The molecule has 1 fully saturated rings. The summed E-state index contributed by atoms with van der Waals surface area (Å²) in [5, 5.41) is 21.5. The highest BCUT2D eigenvalue weighted by atomic mass is 19.1. The molecule has 0 bridgehead atoms. The van der Waals surface area contributed by atoms with Crippen molar-refractivity contribution >= 4 is 16.7 Å². The Morgan fingerprint density at radius 2 is 1.80 bits per heavy atom. The fraction of sp³-hybridized carbons (Fsp3) is 0.219. The van der Waals surface area contributed by atoms with E-state index in [4.69, 9.17) is 10.7 Å². The maximum atomic E-state index is 14.4. The van der Waals surface area contributed by atoms with Crippen molar-refractivity contribution in [2.24, 2.45) is 11.7 Å². The van der Waals surface area contributed by atoms with Gasteiger partial charge in [-0.15, -0.1) is 0 Å². The van der Waals surface area contributed by atoms with Crippen LogP contribution in [0.5, 0.6) is 5.75 Å². The molecule has 6 rings (SSSR count). The largest absolute Gasteiger partial charge is 0.506 e. The molecule has 1 aliphatic heterocycles. The van der Waals surface area contributed by atoms with Crippen LogP contribution in [0.2, 0.25) is 0 Å². The van der Waals surface area contributed by atoms with E-state index < -0.39 is 11.6 Å². The van der Waals surface area contributed by atoms with Crippen LogP contribution in [-0.4, -0.2) is 39.3 Å². The van der Waals surface area contributed by atoms with Crippen LogP contribution in [0.1, 0.15) is 29.8 Å². The van der Waals surface area contributed by atoms with Crippen molar-refractivity contribution < 1.29 is 13.9 Å². The first kappa shape index (κ1) is 26.4. The Labute approximate surface area is 236 Å². The minimum absolute atomic E-state index is 0.140. The molecule has 1 saturated heterocycles. The fourth-order valence-electron chi connectivity index (χ4n) is 5.57. The average Bonchev–Trinajstić information content (AvgIpc) is 3.32. The molecule has 7 nitrogen and oxygen atoms in total. The summed E-state index contributed by atoms with van der Waals surface area (Å²) in [7, 11) is 0. The highest BCUT2D eigenvalue weighted by molar-refractivity contribution is 6.09. The third-order valence-electron chi connectivity index (χ3n) is 7.82. The number of phenols is 1. The van der Waals surface area contributed by atoms with Gasteiger partial charge in [0.15, 0.2) is 0 Å². The van der Waals surface area contributed by atoms with E-state index in [0.29, 0.717) is 52.9 Å². The van der Waals surface area contributed by atoms with Crippen LogP contribution in [0.15, 0.2) is 67.1 Å². The van der Waals surface area contributed by atoms with Gasteiger partial charge in [-0.2, -0.15) is 5.26 Å². The van der Waals surface area contributed by atoms with Gasteiger partial charge in [0.25, 0.3) is 0 Å². The average molecular weight is 551 g/mol. The van der Waals surface area contributed by atoms with E-state index in [-0.39, 0.29) is 23.3 Å². The molecule has 9 heteroatoms. The summed E-state index contributed by atoms with van der Waals surface area (Å²) in [5.74, 6) is -1.25. The molecule has 0 unspecified atom stereocenters. The maximum absolute atomic E-state index is 14.4. The second-order valence-corrected chi connectivity index (χ2v) is 10.6. The summed E-state index contributed by atoms with van der Waals surface area (Å²) in [5.41, 5.74) is 11.3. The van der Waals surface area contributed by atoms with Gasteiger partial charge in [-0.3, -0.25) is 4.98 Å². The fourth-order valence-corrected chi connectivity index (χ4v) is 5.57. The van der Waals surface area contributed by atoms with Crippen molar-refractivity contribution in [2.75, 3.05) is 24.5 Å². The van der Waals surface area contributed by atoms with Crippen LogP contribution < -0.4 is 10.6 Å². The zero-order valence-corrected chi connectivity index (χ0v) is 22.6. The molecule has 2 aromatic carbocycles. The number of aryl methyl sites for hydroxylation is 1. The van der Waals surface area contributed by atoms with Gasteiger partial charge in [-0.1, -0.05) is 18.2 Å². The number of nitrogens with zero attached hydrogens (tertiary/aromatic N) is 5. The van der Waals surface area contributed by atoms with E-state index in [0.717, 1.165) is 23.0 Å². The molecule has 5 aromatic rings. The number of halogens is 2. The van der Waals surface area contributed by atoms with Gasteiger partial charge in [0.05, 0.1) is 28.4 Å². The number of rotatable bonds is 6. The molecular formula is C32H28F2N6O. The lowest BCUT2D eigenvalue weighted by atomic mass is 9.93. The summed E-state index contributed by atoms with van der Waals surface area (Å²) in [6.45, 7) is 5.82. The van der Waals surface area contributed by atoms with E-state index in [1.807, 2.05) is 49.0 Å². The smallest absolute Gasteiger partial charge is 0.143 e. The van der Waals surface area contributed by atoms with Crippen LogP contribution >= 0.6 is 0 Å². The monoisotopic (exact) mass is 550 g/mol. The molecule has 4 heterocycles. The highest BCUT2D eigenvalue weighted by Gasteiger charge is 2.32. The molecule has 0 radical (unpaired) electrons. The van der Waals surface area contributed by atoms with Crippen molar-refractivity contribution in [1.29, 1.82) is 5.26 Å². The molecule has 1 aliphatic rings. The molecule has 3 aromatic heterocycles. The van der Waals surface area contributed by atoms with Gasteiger partial charge in [-0.05, 0) is 55.8 Å². The number of para-hydroxylation sites is 1. The lowest BCUT2D eigenvalue weighted by Gasteiger charge is -2.42. The Kier molecular flexibility index (Phi) is 6.64. The molecule has 3 N–H and O–H groups in total. The van der Waals surface area contributed by atoms with E-state index in [1.165, 1.54) is 12.1 Å². The van der Waals surface area contributed by atoms with Gasteiger partial charge in [0, 0.05) is 60.4 Å². The van der Waals surface area contributed by atoms with Crippen molar-refractivity contribution in [3.8, 4) is 34.1 Å². The number of aromatic nitrogens is 3. The minimum Gasteiger partial charge on any atom is -0.506 e. The Hall–Kier alpha value is -4.81. The second-order valence-electron chi connectivity index (χ2n) is 10.6. The third-order valence-corrected chi connectivity index (χ3v) is 7.82. The molecule has 206 valence electrons. The standard InChI is InChI=1S/C32H28F2N6O/c1-18-6-7-28(37-13-18)19(2)40-17-27(25-5-3-4-21(12-36)31(25)41)29-30(39-15-20(11-35)16-39)26(14-38-32(29)40)22-8-23(33)10-24(34)9-22/h3-10,13-14,17,19-20,41H,11,15-16,35H2,1-2H3/t19-/m0/s1. The van der Waals surface area contributed by atoms with E-state index >= 15 is 0 Å². The Bertz CT molecular complexity index is 1800. The molecule has 0 saturated carbocycles. The first-order valence-electron chi connectivity index (χ1n) is 13.4. The van der Waals surface area contributed by atoms with Crippen LogP contribution in [-0.2, 0) is 0 Å². The summed E-state index contributed by atoms with van der Waals surface area (Å²) < 4.78 is 30.8. The molecule has 0 amide bonds. The first-order chi connectivity index (χ1) is 19.8. The summed E-state index contributed by atoms with van der Waals surface area (Å²) >= 11 is 0. The lowest BCUT2D eigenvalue weighted by molar-refractivity contribution is 0.421. The number of nitriles is 1. The molecule has 1 atom stereocenters. The number of benzene rings is 2. The highest BCUT2D eigenvalue weighted by Crippen LogP contribution is 2.47. The molecule has 0 spiro atoms. The summed E-state index contributed by atoms with van der Waals surface area (Å²) in [4.78, 5) is 11.6. The predicted octanol–water partition coefficient (Wildman–Crippen LogP) is 5.93. The van der Waals surface area contributed by atoms with Gasteiger partial charge in [0.2, 0.25) is 0 Å². The number of hydrogen-bond donors (Lipinski definition) is 2. The van der Waals surface area contributed by atoms with Crippen molar-refractivity contribution in [1.82, 2.24) is 14.5 Å². The molecule has 41 heavy (non-hydrogen) atoms. The number of aromatic hydroxyl groups is 1. The number of pyridine rings is 2. The van der Waals surface area contributed by atoms with Gasteiger partial charge < -0.3 is 20.3 Å². The Balaban J connectivity index is 1.68. The zero-order chi connectivity index (χ0) is 28.8. The topological polar surface area (TPSA) is 104 Å². The van der Waals surface area contributed by atoms with Crippen molar-refractivity contribution in [2.45, 2.75) is 19.9 Å². The summed E-state index contributed by atoms with van der Waals surface area (Å²) in [6, 6.07) is 14.2. The maximum Gasteiger partial charge on any atom is 0.143 e. The van der Waals surface area contributed by atoms with E-state index in [1.54, 1.807) is 24.4 Å². The van der Waals surface area contributed by atoms with E-state index in [9.17, 15) is 19.1 Å². The normalized spacial score (nSPS) is 14.2. The quantitative estimate of drug-likeness (QED) is 0.272. The van der Waals surface area contributed by atoms with Crippen molar-refractivity contribution in [3.63, 3.8) is 0 Å². The van der Waals surface area contributed by atoms with Gasteiger partial charge >= 0.3 is 0 Å². The van der Waals surface area contributed by atoms with E-state index in [2.05, 4.69) is 9.88 Å². The Morgan fingerprint density at radius 3 is 2.46 bits per heavy atom. The lowest BCUT2D eigenvalue weighted by Crippen LogP contribution is -2.50. The zero-order valence-electron chi connectivity index (χ0n) is 22.6. The first-order valence-corrected chi connectivity index (χ1v) is 13.4. The number of nitrogens with two attached hydrogens (primary N) is 1. The number of fused-ring (bicyclic) bond motifs is 1. The van der Waals surface area contributed by atoms with Gasteiger partial charge in [0.1, 0.15) is 29.1 Å². The molecular weight excluding hydrogens is 522 g/mol. The summed E-state index contributed by atoms with van der Waals surface area (Å²) in [6.07, 6.45) is 5.35. The number of phenolic OH excluding ortho intramolecular Hbond substituents is 1. The van der Waals surface area contributed by atoms with Crippen LogP contribution in [0, 0.1) is 35.8 Å². The van der Waals surface area contributed by atoms with Crippen LogP contribution in [0.25, 0.3) is 33.3 Å².